The summed E-state index contributed by atoms with van der Waals surface area (Å²) in [5.74, 6) is -0.997. The molecule has 2 aromatic heterocycles. The monoisotopic (exact) mass is 245 g/mol. The first-order valence-corrected chi connectivity index (χ1v) is 5.94. The lowest BCUT2D eigenvalue weighted by Gasteiger charge is -2.17. The van der Waals surface area contributed by atoms with Crippen LogP contribution in [-0.4, -0.2) is 39.1 Å². The highest BCUT2D eigenvalue weighted by atomic mass is 16.2. The third-order valence-electron chi connectivity index (χ3n) is 2.89. The van der Waals surface area contributed by atoms with Crippen molar-refractivity contribution in [3.8, 4) is 0 Å². The molecule has 0 spiro atoms. The second-order valence-corrected chi connectivity index (χ2v) is 3.88. The van der Waals surface area contributed by atoms with Gasteiger partial charge in [0.05, 0.1) is 6.20 Å². The number of nitrogens with zero attached hydrogens (tertiary/aromatic N) is 3. The third-order valence-corrected chi connectivity index (χ3v) is 2.89. The zero-order chi connectivity index (χ0) is 13.1. The fourth-order valence-corrected chi connectivity index (χ4v) is 1.86. The topological polar surface area (TPSA) is 54.7 Å². The maximum Gasteiger partial charge on any atom is 0.296 e. The Labute approximate surface area is 105 Å². The summed E-state index contributed by atoms with van der Waals surface area (Å²) in [5.41, 5.74) is 0.968. The van der Waals surface area contributed by atoms with Gasteiger partial charge < -0.3 is 4.90 Å². The maximum atomic E-state index is 12.1. The SMILES string of the molecule is CCN(CC)C(=O)C(=O)c1cnc2ccccn12. The summed E-state index contributed by atoms with van der Waals surface area (Å²) in [6.07, 6.45) is 3.17. The molecule has 0 radical (unpaired) electrons. The molecule has 0 saturated heterocycles. The van der Waals surface area contributed by atoms with Gasteiger partial charge in [0.2, 0.25) is 0 Å². The highest BCUT2D eigenvalue weighted by Crippen LogP contribution is 2.08. The quantitative estimate of drug-likeness (QED) is 0.604. The van der Waals surface area contributed by atoms with Gasteiger partial charge in [0, 0.05) is 19.3 Å². The van der Waals surface area contributed by atoms with Crippen LogP contribution >= 0.6 is 0 Å². The van der Waals surface area contributed by atoms with E-state index in [2.05, 4.69) is 4.98 Å². The molecule has 0 bridgehead atoms. The molecular weight excluding hydrogens is 230 g/mol. The Kier molecular flexibility index (Phi) is 3.41. The van der Waals surface area contributed by atoms with Gasteiger partial charge in [0.15, 0.2) is 0 Å². The second-order valence-electron chi connectivity index (χ2n) is 3.88. The van der Waals surface area contributed by atoms with E-state index in [1.165, 1.54) is 11.1 Å². The van der Waals surface area contributed by atoms with Crippen molar-refractivity contribution in [2.75, 3.05) is 13.1 Å². The van der Waals surface area contributed by atoms with Gasteiger partial charge in [-0.15, -0.1) is 0 Å². The Morgan fingerprint density at radius 1 is 1.28 bits per heavy atom. The zero-order valence-corrected chi connectivity index (χ0v) is 10.5. The first kappa shape index (κ1) is 12.3. The summed E-state index contributed by atoms with van der Waals surface area (Å²) in [6.45, 7) is 4.75. The molecular formula is C13H15N3O2. The minimum Gasteiger partial charge on any atom is -0.336 e. The zero-order valence-electron chi connectivity index (χ0n) is 10.5. The highest BCUT2D eigenvalue weighted by molar-refractivity contribution is 6.42. The lowest BCUT2D eigenvalue weighted by Crippen LogP contribution is -2.36. The maximum absolute atomic E-state index is 12.1. The molecule has 0 aromatic carbocycles. The highest BCUT2D eigenvalue weighted by Gasteiger charge is 2.23. The number of rotatable bonds is 4. The van der Waals surface area contributed by atoms with Crippen LogP contribution in [-0.2, 0) is 4.79 Å². The van der Waals surface area contributed by atoms with Crippen molar-refractivity contribution < 1.29 is 9.59 Å². The van der Waals surface area contributed by atoms with E-state index < -0.39 is 11.7 Å². The number of ketones is 1. The molecule has 0 aliphatic rings. The Morgan fingerprint density at radius 2 is 2.00 bits per heavy atom. The van der Waals surface area contributed by atoms with Crippen LogP contribution in [0.1, 0.15) is 24.3 Å². The predicted octanol–water partition coefficient (Wildman–Crippen LogP) is 1.39. The van der Waals surface area contributed by atoms with Crippen LogP contribution in [0.15, 0.2) is 30.6 Å². The third kappa shape index (κ3) is 1.99. The molecule has 0 saturated carbocycles. The summed E-state index contributed by atoms with van der Waals surface area (Å²) < 4.78 is 1.63. The van der Waals surface area contributed by atoms with Crippen LogP contribution in [0.3, 0.4) is 0 Å². The van der Waals surface area contributed by atoms with Crippen LogP contribution in [0.5, 0.6) is 0 Å². The molecule has 0 N–H and O–H groups in total. The molecule has 0 fully saturated rings. The molecule has 2 heterocycles. The Hall–Kier alpha value is -2.17. The van der Waals surface area contributed by atoms with E-state index in [0.717, 1.165) is 0 Å². The van der Waals surface area contributed by atoms with Crippen LogP contribution < -0.4 is 0 Å². The van der Waals surface area contributed by atoms with Crippen molar-refractivity contribution in [2.24, 2.45) is 0 Å². The van der Waals surface area contributed by atoms with Crippen molar-refractivity contribution in [3.63, 3.8) is 0 Å². The van der Waals surface area contributed by atoms with Gasteiger partial charge in [-0.2, -0.15) is 0 Å². The van der Waals surface area contributed by atoms with E-state index in [1.54, 1.807) is 22.7 Å². The smallest absolute Gasteiger partial charge is 0.296 e. The summed E-state index contributed by atoms with van der Waals surface area (Å²) in [7, 11) is 0. The fourth-order valence-electron chi connectivity index (χ4n) is 1.86. The van der Waals surface area contributed by atoms with Crippen molar-refractivity contribution in [1.29, 1.82) is 0 Å². The number of Topliss-reactive ketones (excluding diaryl/α,β-unsaturated/α-hetero) is 1. The number of carbonyl (C=O) groups excluding carboxylic acids is 2. The number of hydrogen-bond acceptors (Lipinski definition) is 3. The Morgan fingerprint density at radius 3 is 2.67 bits per heavy atom. The van der Waals surface area contributed by atoms with Crippen LogP contribution in [0.4, 0.5) is 0 Å². The molecule has 2 aromatic rings. The minimum atomic E-state index is -0.516. The normalized spacial score (nSPS) is 10.6. The molecule has 0 atom stereocenters. The van der Waals surface area contributed by atoms with E-state index in [0.29, 0.717) is 24.4 Å². The first-order chi connectivity index (χ1) is 8.69. The van der Waals surface area contributed by atoms with Crippen molar-refractivity contribution in [2.45, 2.75) is 13.8 Å². The Balaban J connectivity index is 2.37. The number of aromatic nitrogens is 2. The van der Waals surface area contributed by atoms with Crippen LogP contribution in [0.2, 0.25) is 0 Å². The number of carbonyl (C=O) groups is 2. The molecule has 1 amide bonds. The summed E-state index contributed by atoms with van der Waals surface area (Å²) >= 11 is 0. The standard InChI is InChI=1S/C13H15N3O2/c1-3-15(4-2)13(18)12(17)10-9-14-11-7-5-6-8-16(10)11/h5-9H,3-4H2,1-2H3. The first-order valence-electron chi connectivity index (χ1n) is 5.94. The number of imidazole rings is 1. The number of pyridine rings is 1. The average Bonchev–Trinajstić information content (AvgIpc) is 2.83. The van der Waals surface area contributed by atoms with Gasteiger partial charge in [-0.25, -0.2) is 4.98 Å². The largest absolute Gasteiger partial charge is 0.336 e. The predicted molar refractivity (Wildman–Crippen MR) is 67.5 cm³/mol. The van der Waals surface area contributed by atoms with E-state index in [-0.39, 0.29) is 0 Å². The molecule has 0 unspecified atom stereocenters. The van der Waals surface area contributed by atoms with E-state index in [1.807, 2.05) is 19.9 Å². The lowest BCUT2D eigenvalue weighted by molar-refractivity contribution is -0.126. The average molecular weight is 245 g/mol. The molecule has 2 rings (SSSR count). The summed E-state index contributed by atoms with van der Waals surface area (Å²) in [4.78, 5) is 29.7. The second kappa shape index (κ2) is 5.00. The summed E-state index contributed by atoms with van der Waals surface area (Å²) in [6, 6.07) is 5.43. The van der Waals surface area contributed by atoms with Gasteiger partial charge >= 0.3 is 0 Å². The van der Waals surface area contributed by atoms with E-state index in [4.69, 9.17) is 0 Å². The fraction of sp³-hybridized carbons (Fsp3) is 0.308. The lowest BCUT2D eigenvalue weighted by atomic mass is 10.2. The molecule has 0 aliphatic heterocycles. The van der Waals surface area contributed by atoms with E-state index in [9.17, 15) is 9.59 Å². The van der Waals surface area contributed by atoms with Gasteiger partial charge in [0.25, 0.3) is 11.7 Å². The van der Waals surface area contributed by atoms with Crippen LogP contribution in [0, 0.1) is 0 Å². The Bertz CT molecular complexity index is 585. The molecule has 5 heteroatoms. The number of amides is 1. The van der Waals surface area contributed by atoms with Gasteiger partial charge in [-0.05, 0) is 26.0 Å². The van der Waals surface area contributed by atoms with Gasteiger partial charge in [-0.1, -0.05) is 6.07 Å². The molecule has 94 valence electrons. The number of fused-ring (bicyclic) bond motifs is 1. The molecule has 5 nitrogen and oxygen atoms in total. The summed E-state index contributed by atoms with van der Waals surface area (Å²) in [5, 5.41) is 0. The molecule has 18 heavy (non-hydrogen) atoms. The van der Waals surface area contributed by atoms with Gasteiger partial charge in [-0.3, -0.25) is 14.0 Å². The van der Waals surface area contributed by atoms with Crippen molar-refractivity contribution in [1.82, 2.24) is 14.3 Å². The van der Waals surface area contributed by atoms with Gasteiger partial charge in [0.1, 0.15) is 11.3 Å². The van der Waals surface area contributed by atoms with Crippen LogP contribution in [0.25, 0.3) is 5.65 Å². The molecule has 0 aliphatic carbocycles. The number of hydrogen-bond donors (Lipinski definition) is 0. The van der Waals surface area contributed by atoms with E-state index >= 15 is 0 Å². The number of likely N-dealkylation sites (N-methyl/N-ethyl adjacent to an activating group) is 1. The van der Waals surface area contributed by atoms with Crippen molar-refractivity contribution >= 4 is 17.3 Å². The minimum absolute atomic E-state index is 0.308. The van der Waals surface area contributed by atoms with Crippen molar-refractivity contribution in [3.05, 3.63) is 36.3 Å².